The number of halogens is 1. The summed E-state index contributed by atoms with van der Waals surface area (Å²) >= 11 is 0. The number of carboxylic acids is 1. The molecule has 0 saturated heterocycles. The molecule has 0 radical (unpaired) electrons. The second-order valence-electron chi connectivity index (χ2n) is 8.85. The SMILES string of the molecule is CCOC(Cc1ccc(OCCN(CCCCc2ccccc2)C(=O)Nc2cccc(F)c2)cc1)C(=O)O. The zero-order valence-corrected chi connectivity index (χ0v) is 21.6. The van der Waals surface area contributed by atoms with Crippen molar-refractivity contribution in [2.24, 2.45) is 0 Å². The van der Waals surface area contributed by atoms with E-state index in [9.17, 15) is 19.1 Å². The minimum absolute atomic E-state index is 0.264. The zero-order valence-electron chi connectivity index (χ0n) is 21.6. The molecule has 0 aliphatic heterocycles. The highest BCUT2D eigenvalue weighted by Crippen LogP contribution is 2.16. The number of hydrogen-bond donors (Lipinski definition) is 2. The maximum absolute atomic E-state index is 13.6. The van der Waals surface area contributed by atoms with Gasteiger partial charge in [0.1, 0.15) is 18.2 Å². The molecule has 0 aliphatic rings. The van der Waals surface area contributed by atoms with Crippen LogP contribution in [0.4, 0.5) is 14.9 Å². The van der Waals surface area contributed by atoms with E-state index in [-0.39, 0.29) is 19.1 Å². The molecule has 1 atom stereocenters. The molecule has 0 fully saturated rings. The van der Waals surface area contributed by atoms with Crippen molar-refractivity contribution in [1.29, 1.82) is 0 Å². The summed E-state index contributed by atoms with van der Waals surface area (Å²) < 4.78 is 24.7. The quantitative estimate of drug-likeness (QED) is 0.247. The van der Waals surface area contributed by atoms with Gasteiger partial charge in [0.2, 0.25) is 0 Å². The summed E-state index contributed by atoms with van der Waals surface area (Å²) in [6.07, 6.45) is 2.04. The number of hydrogen-bond acceptors (Lipinski definition) is 4. The van der Waals surface area contributed by atoms with Crippen LogP contribution < -0.4 is 10.1 Å². The lowest BCUT2D eigenvalue weighted by Crippen LogP contribution is -2.38. The van der Waals surface area contributed by atoms with Gasteiger partial charge in [0, 0.05) is 25.3 Å². The van der Waals surface area contributed by atoms with Crippen LogP contribution in [0.2, 0.25) is 0 Å². The van der Waals surface area contributed by atoms with Crippen molar-refractivity contribution < 1.29 is 28.6 Å². The molecule has 0 spiro atoms. The first-order valence-electron chi connectivity index (χ1n) is 12.9. The summed E-state index contributed by atoms with van der Waals surface area (Å²) in [5.74, 6) is -0.793. The summed E-state index contributed by atoms with van der Waals surface area (Å²) in [7, 11) is 0. The lowest BCUT2D eigenvalue weighted by atomic mass is 10.1. The van der Waals surface area contributed by atoms with E-state index >= 15 is 0 Å². The first kappa shape index (κ1) is 28.7. The average Bonchev–Trinajstić information content (AvgIpc) is 2.91. The van der Waals surface area contributed by atoms with E-state index in [1.165, 1.54) is 17.7 Å². The van der Waals surface area contributed by atoms with Gasteiger partial charge in [-0.05, 0) is 67.6 Å². The number of rotatable bonds is 15. The summed E-state index contributed by atoms with van der Waals surface area (Å²) in [6.45, 7) is 3.24. The molecule has 2 N–H and O–H groups in total. The third kappa shape index (κ3) is 9.86. The molecule has 38 heavy (non-hydrogen) atoms. The van der Waals surface area contributed by atoms with E-state index in [1.807, 2.05) is 30.3 Å². The number of unbranched alkanes of at least 4 members (excludes halogenated alkanes) is 1. The molecule has 7 nitrogen and oxygen atoms in total. The smallest absolute Gasteiger partial charge is 0.333 e. The maximum Gasteiger partial charge on any atom is 0.333 e. The second kappa shape index (κ2) is 15.4. The van der Waals surface area contributed by atoms with Crippen molar-refractivity contribution in [2.75, 3.05) is 31.6 Å². The normalized spacial score (nSPS) is 11.5. The number of nitrogens with zero attached hydrogens (tertiary/aromatic N) is 1. The zero-order chi connectivity index (χ0) is 27.2. The van der Waals surface area contributed by atoms with Gasteiger partial charge in [-0.3, -0.25) is 0 Å². The Morgan fingerprint density at radius 2 is 1.71 bits per heavy atom. The molecule has 1 unspecified atom stereocenters. The van der Waals surface area contributed by atoms with Crippen molar-refractivity contribution in [1.82, 2.24) is 4.90 Å². The number of aryl methyl sites for hydroxylation is 1. The lowest BCUT2D eigenvalue weighted by molar-refractivity contribution is -0.149. The molecular formula is C30H35FN2O5. The second-order valence-corrected chi connectivity index (χ2v) is 8.85. The van der Waals surface area contributed by atoms with Crippen LogP contribution >= 0.6 is 0 Å². The van der Waals surface area contributed by atoms with Gasteiger partial charge >= 0.3 is 12.0 Å². The number of carboxylic acid groups (broad SMARTS) is 1. The van der Waals surface area contributed by atoms with E-state index in [2.05, 4.69) is 17.4 Å². The Morgan fingerprint density at radius 1 is 0.947 bits per heavy atom. The van der Waals surface area contributed by atoms with Gasteiger partial charge in [-0.2, -0.15) is 0 Å². The summed E-state index contributed by atoms with van der Waals surface area (Å²) in [6, 6.07) is 22.9. The van der Waals surface area contributed by atoms with E-state index in [1.54, 1.807) is 36.1 Å². The Morgan fingerprint density at radius 3 is 2.39 bits per heavy atom. The number of carbonyl (C=O) groups excluding carboxylic acids is 1. The lowest BCUT2D eigenvalue weighted by Gasteiger charge is -2.23. The van der Waals surface area contributed by atoms with Crippen LogP contribution in [0.5, 0.6) is 5.75 Å². The fourth-order valence-electron chi connectivity index (χ4n) is 3.99. The van der Waals surface area contributed by atoms with Crippen LogP contribution in [-0.2, 0) is 22.4 Å². The van der Waals surface area contributed by atoms with Crippen LogP contribution in [-0.4, -0.2) is 54.4 Å². The number of carbonyl (C=O) groups is 2. The molecule has 8 heteroatoms. The highest BCUT2D eigenvalue weighted by atomic mass is 19.1. The van der Waals surface area contributed by atoms with Crippen LogP contribution in [0.3, 0.4) is 0 Å². The highest BCUT2D eigenvalue weighted by molar-refractivity contribution is 5.89. The van der Waals surface area contributed by atoms with Gasteiger partial charge in [0.15, 0.2) is 6.10 Å². The number of nitrogens with one attached hydrogen (secondary N) is 1. The molecule has 3 aromatic carbocycles. The molecule has 0 heterocycles. The first-order chi connectivity index (χ1) is 18.4. The third-order valence-corrected chi connectivity index (χ3v) is 5.97. The molecule has 2 amide bonds. The largest absolute Gasteiger partial charge is 0.492 e. The van der Waals surface area contributed by atoms with E-state index in [0.29, 0.717) is 31.1 Å². The van der Waals surface area contributed by atoms with Gasteiger partial charge in [-0.1, -0.05) is 48.5 Å². The van der Waals surface area contributed by atoms with Crippen LogP contribution in [0.1, 0.15) is 30.9 Å². The Hall–Kier alpha value is -3.91. The Kier molecular flexibility index (Phi) is 11.6. The van der Waals surface area contributed by atoms with E-state index < -0.39 is 17.9 Å². The van der Waals surface area contributed by atoms with Crippen molar-refractivity contribution in [3.63, 3.8) is 0 Å². The first-order valence-corrected chi connectivity index (χ1v) is 12.9. The highest BCUT2D eigenvalue weighted by Gasteiger charge is 2.18. The number of benzene rings is 3. The van der Waals surface area contributed by atoms with Gasteiger partial charge in [-0.15, -0.1) is 0 Å². The predicted molar refractivity (Wildman–Crippen MR) is 145 cm³/mol. The monoisotopic (exact) mass is 522 g/mol. The number of urea groups is 1. The molecule has 3 aromatic rings. The molecule has 3 rings (SSSR count). The van der Waals surface area contributed by atoms with Crippen LogP contribution in [0, 0.1) is 5.82 Å². The number of anilines is 1. The fourth-order valence-corrected chi connectivity index (χ4v) is 3.99. The summed E-state index contributed by atoms with van der Waals surface area (Å²) in [4.78, 5) is 25.9. The average molecular weight is 523 g/mol. The topological polar surface area (TPSA) is 88.1 Å². The Bertz CT molecular complexity index is 1140. The minimum atomic E-state index is -0.993. The maximum atomic E-state index is 13.6. The summed E-state index contributed by atoms with van der Waals surface area (Å²) in [5.41, 5.74) is 2.48. The fraction of sp³-hybridized carbons (Fsp3) is 0.333. The van der Waals surface area contributed by atoms with Gasteiger partial charge in [-0.25, -0.2) is 14.0 Å². The third-order valence-electron chi connectivity index (χ3n) is 5.97. The molecule has 0 aliphatic carbocycles. The minimum Gasteiger partial charge on any atom is -0.492 e. The Labute approximate surface area is 223 Å². The molecule has 0 saturated carbocycles. The number of amides is 2. The van der Waals surface area contributed by atoms with Crippen molar-refractivity contribution in [3.05, 3.63) is 95.8 Å². The predicted octanol–water partition coefficient (Wildman–Crippen LogP) is 5.79. The van der Waals surface area contributed by atoms with Crippen molar-refractivity contribution in [2.45, 2.75) is 38.7 Å². The van der Waals surface area contributed by atoms with Gasteiger partial charge < -0.3 is 24.8 Å². The molecule has 0 aromatic heterocycles. The van der Waals surface area contributed by atoms with Crippen molar-refractivity contribution >= 4 is 17.7 Å². The van der Waals surface area contributed by atoms with Gasteiger partial charge in [0.05, 0.1) is 6.54 Å². The Balaban J connectivity index is 1.53. The van der Waals surface area contributed by atoms with E-state index in [4.69, 9.17) is 9.47 Å². The molecular weight excluding hydrogens is 487 g/mol. The number of ether oxygens (including phenoxy) is 2. The van der Waals surface area contributed by atoms with Gasteiger partial charge in [0.25, 0.3) is 0 Å². The van der Waals surface area contributed by atoms with Crippen LogP contribution in [0.25, 0.3) is 0 Å². The summed E-state index contributed by atoms with van der Waals surface area (Å²) in [5, 5.41) is 12.0. The van der Waals surface area contributed by atoms with Crippen LogP contribution in [0.15, 0.2) is 78.9 Å². The molecule has 0 bridgehead atoms. The number of aliphatic carboxylic acids is 1. The van der Waals surface area contributed by atoms with Crippen molar-refractivity contribution in [3.8, 4) is 5.75 Å². The molecule has 202 valence electrons. The standard InChI is InChI=1S/C30H35FN2O5/c1-2-37-28(29(34)35)21-24-14-16-27(17-15-24)38-20-19-33(18-7-6-11-23-9-4-3-5-10-23)30(36)32-26-13-8-12-25(31)22-26/h3-5,8-10,12-17,22,28H,2,6-7,11,18-21H2,1H3,(H,32,36)(H,34,35). The van der Waals surface area contributed by atoms with E-state index in [0.717, 1.165) is 24.8 Å².